The number of rotatable bonds is 3. The number of hydrogen-bond acceptors (Lipinski definition) is 3. The SMILES string of the molecule is CNC(=O)c1ccc(/C=C2/CCc3cc(OC)ccc3C2=O)cc1. The molecule has 1 amide bonds. The molecule has 3 rings (SSSR count). The maximum absolute atomic E-state index is 12.7. The third-order valence-corrected chi connectivity index (χ3v) is 4.25. The highest BCUT2D eigenvalue weighted by Gasteiger charge is 2.22. The van der Waals surface area contributed by atoms with Crippen molar-refractivity contribution in [3.8, 4) is 5.75 Å². The van der Waals surface area contributed by atoms with Gasteiger partial charge in [0.1, 0.15) is 5.75 Å². The van der Waals surface area contributed by atoms with E-state index in [1.54, 1.807) is 26.3 Å². The summed E-state index contributed by atoms with van der Waals surface area (Å²) < 4.78 is 5.22. The van der Waals surface area contributed by atoms with Crippen LogP contribution in [0.5, 0.6) is 5.75 Å². The van der Waals surface area contributed by atoms with Gasteiger partial charge in [-0.2, -0.15) is 0 Å². The van der Waals surface area contributed by atoms with Crippen LogP contribution in [0.2, 0.25) is 0 Å². The zero-order valence-corrected chi connectivity index (χ0v) is 13.8. The first-order chi connectivity index (χ1) is 11.6. The van der Waals surface area contributed by atoms with E-state index in [2.05, 4.69) is 5.32 Å². The molecule has 0 spiro atoms. The summed E-state index contributed by atoms with van der Waals surface area (Å²) >= 11 is 0. The van der Waals surface area contributed by atoms with E-state index < -0.39 is 0 Å². The van der Waals surface area contributed by atoms with Crippen molar-refractivity contribution >= 4 is 17.8 Å². The molecular formula is C20H19NO3. The summed E-state index contributed by atoms with van der Waals surface area (Å²) in [5.41, 5.74) is 4.09. The molecule has 2 aromatic rings. The van der Waals surface area contributed by atoms with Crippen molar-refractivity contribution in [1.82, 2.24) is 5.32 Å². The van der Waals surface area contributed by atoms with E-state index in [1.807, 2.05) is 36.4 Å². The molecule has 0 aliphatic heterocycles. The van der Waals surface area contributed by atoms with Gasteiger partial charge in [0.25, 0.3) is 5.91 Å². The van der Waals surface area contributed by atoms with Gasteiger partial charge in [0.2, 0.25) is 0 Å². The standard InChI is InChI=1S/C20H19NO3/c1-21-20(23)14-5-3-13(4-6-14)11-16-8-7-15-12-17(24-2)9-10-18(15)19(16)22/h3-6,9-12H,7-8H2,1-2H3,(H,21,23)/b16-11-. The topological polar surface area (TPSA) is 55.4 Å². The molecule has 4 heteroatoms. The Morgan fingerprint density at radius 3 is 2.54 bits per heavy atom. The van der Waals surface area contributed by atoms with Gasteiger partial charge in [-0.3, -0.25) is 9.59 Å². The van der Waals surface area contributed by atoms with Crippen LogP contribution in [0.3, 0.4) is 0 Å². The van der Waals surface area contributed by atoms with Crippen LogP contribution >= 0.6 is 0 Å². The van der Waals surface area contributed by atoms with Gasteiger partial charge in [-0.25, -0.2) is 0 Å². The number of amides is 1. The second-order valence-electron chi connectivity index (χ2n) is 5.72. The van der Waals surface area contributed by atoms with Crippen molar-refractivity contribution in [2.24, 2.45) is 0 Å². The summed E-state index contributed by atoms with van der Waals surface area (Å²) in [6, 6.07) is 12.8. The molecule has 0 atom stereocenters. The highest BCUT2D eigenvalue weighted by atomic mass is 16.5. The average molecular weight is 321 g/mol. The fourth-order valence-electron chi connectivity index (χ4n) is 2.90. The minimum atomic E-state index is -0.120. The van der Waals surface area contributed by atoms with Crippen LogP contribution in [-0.2, 0) is 6.42 Å². The van der Waals surface area contributed by atoms with Gasteiger partial charge in [-0.15, -0.1) is 0 Å². The zero-order valence-electron chi connectivity index (χ0n) is 13.8. The van der Waals surface area contributed by atoms with Crippen LogP contribution in [-0.4, -0.2) is 25.8 Å². The van der Waals surface area contributed by atoms with Crippen molar-refractivity contribution in [2.75, 3.05) is 14.2 Å². The van der Waals surface area contributed by atoms with Crippen LogP contribution in [0.1, 0.15) is 38.3 Å². The van der Waals surface area contributed by atoms with Gasteiger partial charge >= 0.3 is 0 Å². The summed E-state index contributed by atoms with van der Waals surface area (Å²) in [7, 11) is 3.23. The Bertz CT molecular complexity index is 819. The highest BCUT2D eigenvalue weighted by molar-refractivity contribution is 6.13. The third-order valence-electron chi connectivity index (χ3n) is 4.25. The molecular weight excluding hydrogens is 302 g/mol. The summed E-state index contributed by atoms with van der Waals surface area (Å²) in [5, 5.41) is 2.59. The van der Waals surface area contributed by atoms with Crippen LogP contribution in [0, 0.1) is 0 Å². The predicted octanol–water partition coefficient (Wildman–Crippen LogP) is 3.27. The largest absolute Gasteiger partial charge is 0.497 e. The monoisotopic (exact) mass is 321 g/mol. The lowest BCUT2D eigenvalue weighted by Crippen LogP contribution is -2.17. The quantitative estimate of drug-likeness (QED) is 0.883. The highest BCUT2D eigenvalue weighted by Crippen LogP contribution is 2.29. The molecule has 0 bridgehead atoms. The Morgan fingerprint density at radius 2 is 1.88 bits per heavy atom. The van der Waals surface area contributed by atoms with Gasteiger partial charge in [-0.1, -0.05) is 12.1 Å². The van der Waals surface area contributed by atoms with Crippen molar-refractivity contribution in [3.05, 3.63) is 70.3 Å². The molecule has 0 unspecified atom stereocenters. The molecule has 0 fully saturated rings. The van der Waals surface area contributed by atoms with E-state index in [-0.39, 0.29) is 11.7 Å². The van der Waals surface area contributed by atoms with Gasteiger partial charge in [-0.05, 0) is 60.4 Å². The Morgan fingerprint density at radius 1 is 1.12 bits per heavy atom. The first kappa shape index (κ1) is 16.0. The smallest absolute Gasteiger partial charge is 0.251 e. The van der Waals surface area contributed by atoms with E-state index in [9.17, 15) is 9.59 Å². The molecule has 0 aromatic heterocycles. The van der Waals surface area contributed by atoms with Gasteiger partial charge in [0.15, 0.2) is 5.78 Å². The number of ketones is 1. The van der Waals surface area contributed by atoms with Crippen molar-refractivity contribution < 1.29 is 14.3 Å². The van der Waals surface area contributed by atoms with Crippen molar-refractivity contribution in [2.45, 2.75) is 12.8 Å². The van der Waals surface area contributed by atoms with E-state index >= 15 is 0 Å². The lowest BCUT2D eigenvalue weighted by atomic mass is 9.86. The number of Topliss-reactive ketones (excluding diaryl/α,β-unsaturated/α-hetero) is 1. The molecule has 122 valence electrons. The normalized spacial score (nSPS) is 15.1. The summed E-state index contributed by atoms with van der Waals surface area (Å²) in [5.74, 6) is 0.721. The number of carbonyl (C=O) groups excluding carboxylic acids is 2. The number of benzene rings is 2. The van der Waals surface area contributed by atoms with Crippen LogP contribution in [0.25, 0.3) is 6.08 Å². The molecule has 24 heavy (non-hydrogen) atoms. The van der Waals surface area contributed by atoms with E-state index in [0.29, 0.717) is 12.0 Å². The van der Waals surface area contributed by atoms with Crippen molar-refractivity contribution in [3.63, 3.8) is 0 Å². The van der Waals surface area contributed by atoms with Crippen LogP contribution < -0.4 is 10.1 Å². The van der Waals surface area contributed by atoms with E-state index in [1.165, 1.54) is 0 Å². The number of aryl methyl sites for hydroxylation is 1. The number of nitrogens with one attached hydrogen (secondary N) is 1. The number of methoxy groups -OCH3 is 1. The summed E-state index contributed by atoms with van der Waals surface area (Å²) in [6.45, 7) is 0. The Labute approximate surface area is 141 Å². The van der Waals surface area contributed by atoms with Crippen molar-refractivity contribution in [1.29, 1.82) is 0 Å². The molecule has 0 radical (unpaired) electrons. The predicted molar refractivity (Wildman–Crippen MR) is 93.5 cm³/mol. The van der Waals surface area contributed by atoms with E-state index in [0.717, 1.165) is 34.4 Å². The average Bonchev–Trinajstić information content (AvgIpc) is 2.63. The maximum Gasteiger partial charge on any atom is 0.251 e. The lowest BCUT2D eigenvalue weighted by Gasteiger charge is -2.18. The molecule has 2 aromatic carbocycles. The molecule has 4 nitrogen and oxygen atoms in total. The Kier molecular flexibility index (Phi) is 4.47. The second-order valence-corrected chi connectivity index (χ2v) is 5.72. The van der Waals surface area contributed by atoms with Gasteiger partial charge in [0, 0.05) is 23.7 Å². The second kappa shape index (κ2) is 6.71. The molecule has 1 aliphatic rings. The Balaban J connectivity index is 1.86. The van der Waals surface area contributed by atoms with Gasteiger partial charge < -0.3 is 10.1 Å². The molecule has 1 aliphatic carbocycles. The molecule has 0 heterocycles. The first-order valence-corrected chi connectivity index (χ1v) is 7.86. The number of ether oxygens (including phenoxy) is 1. The number of carbonyl (C=O) groups is 2. The fraction of sp³-hybridized carbons (Fsp3) is 0.200. The summed E-state index contributed by atoms with van der Waals surface area (Å²) in [6.07, 6.45) is 3.43. The zero-order chi connectivity index (χ0) is 17.1. The number of allylic oxidation sites excluding steroid dienone is 1. The first-order valence-electron chi connectivity index (χ1n) is 7.86. The molecule has 1 N–H and O–H groups in total. The third kappa shape index (κ3) is 3.08. The van der Waals surface area contributed by atoms with Gasteiger partial charge in [0.05, 0.1) is 7.11 Å². The lowest BCUT2D eigenvalue weighted by molar-refractivity contribution is 0.0962. The number of hydrogen-bond donors (Lipinski definition) is 1. The van der Waals surface area contributed by atoms with Crippen LogP contribution in [0.4, 0.5) is 0 Å². The minimum absolute atomic E-state index is 0.0641. The summed E-state index contributed by atoms with van der Waals surface area (Å²) in [4.78, 5) is 24.2. The maximum atomic E-state index is 12.7. The number of fused-ring (bicyclic) bond motifs is 1. The van der Waals surface area contributed by atoms with Crippen LogP contribution in [0.15, 0.2) is 48.0 Å². The Hall–Kier alpha value is -2.88. The molecule has 0 saturated heterocycles. The molecule has 0 saturated carbocycles. The van der Waals surface area contributed by atoms with E-state index in [4.69, 9.17) is 4.74 Å². The minimum Gasteiger partial charge on any atom is -0.497 e. The fourth-order valence-corrected chi connectivity index (χ4v) is 2.90.